The number of rotatable bonds is 5. The van der Waals surface area contributed by atoms with Crippen LogP contribution in [0.3, 0.4) is 0 Å². The van der Waals surface area contributed by atoms with Crippen LogP contribution in [-0.2, 0) is 19.4 Å². The predicted octanol–water partition coefficient (Wildman–Crippen LogP) is 1.11. The fourth-order valence-electron chi connectivity index (χ4n) is 3.33. The number of nitrogens with zero attached hydrogens (tertiary/aromatic N) is 1. The van der Waals surface area contributed by atoms with Crippen molar-refractivity contribution < 1.29 is 22.8 Å². The molecule has 26 heavy (non-hydrogen) atoms. The van der Waals surface area contributed by atoms with Gasteiger partial charge in [-0.2, -0.15) is 0 Å². The summed E-state index contributed by atoms with van der Waals surface area (Å²) in [6.07, 6.45) is 0.910. The molecule has 1 N–H and O–H groups in total. The highest BCUT2D eigenvalue weighted by molar-refractivity contribution is 7.91. The highest BCUT2D eigenvalue weighted by atomic mass is 32.2. The lowest BCUT2D eigenvalue weighted by Crippen LogP contribution is -2.39. The van der Waals surface area contributed by atoms with E-state index in [9.17, 15) is 22.8 Å². The standard InChI is InChI=1S/C18H22N2O5S/c1-11(21)12-4-3-5-13(8-12)19-17(22)15-9-16(15)18(23)20(2)14-6-7-26(24,25)10-14/h3-5,8,14-16H,6-7,9-10H2,1-2H3,(H,19,22). The fraction of sp³-hybridized carbons (Fsp3) is 0.500. The SMILES string of the molecule is CC(=O)c1cccc(NC(=O)C2CC2C(=O)N(C)C2CCS(=O)(=O)C2)c1. The molecule has 0 radical (unpaired) electrons. The van der Waals surface area contributed by atoms with Crippen LogP contribution < -0.4 is 5.32 Å². The van der Waals surface area contributed by atoms with Gasteiger partial charge in [0.05, 0.1) is 23.3 Å². The molecule has 0 spiro atoms. The van der Waals surface area contributed by atoms with Crippen molar-refractivity contribution in [3.63, 3.8) is 0 Å². The molecule has 0 bridgehead atoms. The molecule has 1 heterocycles. The zero-order valence-electron chi connectivity index (χ0n) is 14.8. The van der Waals surface area contributed by atoms with Crippen molar-refractivity contribution in [3.8, 4) is 0 Å². The summed E-state index contributed by atoms with van der Waals surface area (Å²) in [4.78, 5) is 37.8. The fourth-order valence-corrected chi connectivity index (χ4v) is 5.11. The molecule has 3 unspecified atom stereocenters. The van der Waals surface area contributed by atoms with Gasteiger partial charge in [0.2, 0.25) is 11.8 Å². The Morgan fingerprint density at radius 1 is 1.19 bits per heavy atom. The summed E-state index contributed by atoms with van der Waals surface area (Å²) in [6.45, 7) is 1.45. The van der Waals surface area contributed by atoms with Crippen molar-refractivity contribution in [1.82, 2.24) is 4.90 Å². The van der Waals surface area contributed by atoms with E-state index in [4.69, 9.17) is 0 Å². The molecule has 7 nitrogen and oxygen atoms in total. The number of sulfone groups is 1. The van der Waals surface area contributed by atoms with Gasteiger partial charge in [-0.15, -0.1) is 0 Å². The van der Waals surface area contributed by atoms with Crippen LogP contribution in [0.15, 0.2) is 24.3 Å². The molecule has 1 aromatic rings. The average Bonchev–Trinajstić information content (AvgIpc) is 3.31. The van der Waals surface area contributed by atoms with E-state index in [0.29, 0.717) is 24.1 Å². The van der Waals surface area contributed by atoms with Gasteiger partial charge in [0.25, 0.3) is 0 Å². The number of carbonyl (C=O) groups excluding carboxylic acids is 3. The molecule has 2 aliphatic rings. The van der Waals surface area contributed by atoms with E-state index in [2.05, 4.69) is 5.32 Å². The highest BCUT2D eigenvalue weighted by Gasteiger charge is 2.50. The maximum absolute atomic E-state index is 12.5. The summed E-state index contributed by atoms with van der Waals surface area (Å²) in [7, 11) is -1.45. The van der Waals surface area contributed by atoms with Gasteiger partial charge in [0.1, 0.15) is 0 Å². The minimum absolute atomic E-state index is 0.00331. The largest absolute Gasteiger partial charge is 0.341 e. The number of anilines is 1. The minimum Gasteiger partial charge on any atom is -0.341 e. The second-order valence-electron chi connectivity index (χ2n) is 7.08. The Labute approximate surface area is 152 Å². The number of ketones is 1. The number of benzene rings is 1. The zero-order valence-corrected chi connectivity index (χ0v) is 15.6. The first-order valence-corrected chi connectivity index (χ1v) is 10.4. The molecule has 2 amide bonds. The van der Waals surface area contributed by atoms with Gasteiger partial charge in [-0.3, -0.25) is 14.4 Å². The van der Waals surface area contributed by atoms with Crippen molar-refractivity contribution in [3.05, 3.63) is 29.8 Å². The highest BCUT2D eigenvalue weighted by Crippen LogP contribution is 2.41. The quantitative estimate of drug-likeness (QED) is 0.774. The number of Topliss-reactive ketones (excluding diaryl/α,β-unsaturated/α-hetero) is 1. The molecular formula is C18H22N2O5S. The molecule has 3 rings (SSSR count). The molecule has 1 aliphatic heterocycles. The summed E-state index contributed by atoms with van der Waals surface area (Å²) in [5, 5.41) is 2.75. The lowest BCUT2D eigenvalue weighted by atomic mass is 10.1. The summed E-state index contributed by atoms with van der Waals surface area (Å²) < 4.78 is 23.2. The van der Waals surface area contributed by atoms with Crippen molar-refractivity contribution in [2.45, 2.75) is 25.8 Å². The predicted molar refractivity (Wildman–Crippen MR) is 96.5 cm³/mol. The van der Waals surface area contributed by atoms with Crippen LogP contribution >= 0.6 is 0 Å². The van der Waals surface area contributed by atoms with Crippen LogP contribution in [-0.4, -0.2) is 55.5 Å². The Bertz CT molecular complexity index is 864. The van der Waals surface area contributed by atoms with Crippen molar-refractivity contribution in [1.29, 1.82) is 0 Å². The second kappa shape index (κ2) is 6.83. The minimum atomic E-state index is -3.06. The molecule has 8 heteroatoms. The number of amides is 2. The van der Waals surface area contributed by atoms with E-state index in [-0.39, 0.29) is 35.1 Å². The molecule has 1 saturated carbocycles. The van der Waals surface area contributed by atoms with Crippen LogP contribution in [0.5, 0.6) is 0 Å². The van der Waals surface area contributed by atoms with Crippen LogP contribution in [0.4, 0.5) is 5.69 Å². The Kier molecular flexibility index (Phi) is 4.88. The van der Waals surface area contributed by atoms with Gasteiger partial charge in [0.15, 0.2) is 15.6 Å². The summed E-state index contributed by atoms with van der Waals surface area (Å²) in [5.41, 5.74) is 1.03. The van der Waals surface area contributed by atoms with Crippen LogP contribution in [0.1, 0.15) is 30.1 Å². The van der Waals surface area contributed by atoms with Crippen LogP contribution in [0.2, 0.25) is 0 Å². The first-order valence-electron chi connectivity index (χ1n) is 8.57. The van der Waals surface area contributed by atoms with E-state index < -0.39 is 21.7 Å². The third-order valence-corrected chi connectivity index (χ3v) is 6.84. The molecule has 2 fully saturated rings. The monoisotopic (exact) mass is 378 g/mol. The Balaban J connectivity index is 1.57. The Morgan fingerprint density at radius 3 is 2.54 bits per heavy atom. The molecular weight excluding hydrogens is 356 g/mol. The van der Waals surface area contributed by atoms with E-state index in [1.165, 1.54) is 11.8 Å². The molecule has 140 valence electrons. The zero-order chi connectivity index (χ0) is 19.1. The molecule has 1 aliphatic carbocycles. The smallest absolute Gasteiger partial charge is 0.228 e. The molecule has 3 atom stereocenters. The molecule has 1 aromatic carbocycles. The average molecular weight is 378 g/mol. The van der Waals surface area contributed by atoms with Crippen LogP contribution in [0.25, 0.3) is 0 Å². The van der Waals surface area contributed by atoms with E-state index in [1.54, 1.807) is 31.3 Å². The van der Waals surface area contributed by atoms with Gasteiger partial charge in [-0.05, 0) is 31.9 Å². The van der Waals surface area contributed by atoms with E-state index in [1.807, 2.05) is 0 Å². The van der Waals surface area contributed by atoms with Gasteiger partial charge < -0.3 is 10.2 Å². The second-order valence-corrected chi connectivity index (χ2v) is 9.31. The normalized spacial score (nSPS) is 26.2. The molecule has 1 saturated heterocycles. The van der Waals surface area contributed by atoms with Gasteiger partial charge in [-0.25, -0.2) is 8.42 Å². The first-order chi connectivity index (χ1) is 12.2. The number of carbonyl (C=O) groups is 3. The van der Waals surface area contributed by atoms with E-state index >= 15 is 0 Å². The number of hydrogen-bond acceptors (Lipinski definition) is 5. The third-order valence-electron chi connectivity index (χ3n) is 5.08. The van der Waals surface area contributed by atoms with Crippen LogP contribution in [0, 0.1) is 11.8 Å². The topological polar surface area (TPSA) is 101 Å². The summed E-state index contributed by atoms with van der Waals surface area (Å²) in [6, 6.07) is 6.36. The maximum Gasteiger partial charge on any atom is 0.228 e. The Hall–Kier alpha value is -2.22. The van der Waals surface area contributed by atoms with Crippen molar-refractivity contribution >= 4 is 33.1 Å². The van der Waals surface area contributed by atoms with Gasteiger partial charge in [0, 0.05) is 24.3 Å². The molecule has 0 aromatic heterocycles. The van der Waals surface area contributed by atoms with Crippen molar-refractivity contribution in [2.75, 3.05) is 23.9 Å². The number of hydrogen-bond donors (Lipinski definition) is 1. The Morgan fingerprint density at radius 2 is 1.92 bits per heavy atom. The number of nitrogens with one attached hydrogen (secondary N) is 1. The first kappa shape index (κ1) is 18.6. The maximum atomic E-state index is 12.5. The third kappa shape index (κ3) is 3.95. The van der Waals surface area contributed by atoms with Gasteiger partial charge >= 0.3 is 0 Å². The summed E-state index contributed by atoms with van der Waals surface area (Å²) >= 11 is 0. The van der Waals surface area contributed by atoms with E-state index in [0.717, 1.165) is 0 Å². The van der Waals surface area contributed by atoms with Crippen molar-refractivity contribution in [2.24, 2.45) is 11.8 Å². The lowest BCUT2D eigenvalue weighted by molar-refractivity contribution is -0.134. The summed E-state index contributed by atoms with van der Waals surface area (Å²) in [5.74, 6) is -1.23. The lowest BCUT2D eigenvalue weighted by Gasteiger charge is -2.23. The van der Waals surface area contributed by atoms with Gasteiger partial charge in [-0.1, -0.05) is 12.1 Å².